The van der Waals surface area contributed by atoms with Gasteiger partial charge in [-0.15, -0.1) is 0 Å². The van der Waals surface area contributed by atoms with Crippen LogP contribution in [0.2, 0.25) is 5.02 Å². The van der Waals surface area contributed by atoms with E-state index in [1.807, 2.05) is 18.2 Å². The van der Waals surface area contributed by atoms with Crippen LogP contribution in [0, 0.1) is 5.82 Å². The van der Waals surface area contributed by atoms with Gasteiger partial charge in [0.1, 0.15) is 11.6 Å². The van der Waals surface area contributed by atoms with Gasteiger partial charge in [-0.05, 0) is 58.2 Å². The fourth-order valence-electron chi connectivity index (χ4n) is 2.00. The number of methoxy groups -OCH3 is 1. The maximum Gasteiger partial charge on any atom is 0.133 e. The summed E-state index contributed by atoms with van der Waals surface area (Å²) in [5, 5.41) is 3.81. The standard InChI is InChI=1S/C16H16BrClFNO/c1-10(11-4-6-16(21-2)14(17)7-11)20-9-12-3-5-13(19)8-15(12)18/h3-8,10,20H,9H2,1-2H3. The molecule has 0 aliphatic heterocycles. The maximum atomic E-state index is 13.0. The monoisotopic (exact) mass is 371 g/mol. The predicted molar refractivity (Wildman–Crippen MR) is 87.4 cm³/mol. The molecule has 2 aromatic carbocycles. The maximum absolute atomic E-state index is 13.0. The van der Waals surface area contributed by atoms with Crippen molar-refractivity contribution >= 4 is 27.5 Å². The van der Waals surface area contributed by atoms with Gasteiger partial charge in [-0.1, -0.05) is 23.7 Å². The first-order valence-corrected chi connectivity index (χ1v) is 7.69. The zero-order valence-corrected chi connectivity index (χ0v) is 14.1. The summed E-state index contributed by atoms with van der Waals surface area (Å²) in [7, 11) is 1.64. The Hall–Kier alpha value is -1.10. The Kier molecular flexibility index (Phi) is 5.62. The van der Waals surface area contributed by atoms with E-state index in [0.29, 0.717) is 11.6 Å². The molecule has 0 bridgehead atoms. The van der Waals surface area contributed by atoms with Gasteiger partial charge in [-0.2, -0.15) is 0 Å². The molecule has 0 aromatic heterocycles. The molecule has 1 N–H and O–H groups in total. The largest absolute Gasteiger partial charge is 0.496 e. The van der Waals surface area contributed by atoms with E-state index < -0.39 is 0 Å². The zero-order valence-electron chi connectivity index (χ0n) is 11.8. The second kappa shape index (κ2) is 7.25. The Bertz CT molecular complexity index is 636. The van der Waals surface area contributed by atoms with Gasteiger partial charge in [-0.25, -0.2) is 4.39 Å². The highest BCUT2D eigenvalue weighted by Gasteiger charge is 2.09. The first-order chi connectivity index (χ1) is 10.0. The summed E-state index contributed by atoms with van der Waals surface area (Å²) in [6, 6.07) is 10.5. The van der Waals surface area contributed by atoms with Crippen molar-refractivity contribution in [1.82, 2.24) is 5.32 Å². The molecular formula is C16H16BrClFNO. The minimum Gasteiger partial charge on any atom is -0.496 e. The molecule has 2 rings (SSSR count). The van der Waals surface area contributed by atoms with Crippen LogP contribution in [0.15, 0.2) is 40.9 Å². The molecule has 0 saturated heterocycles. The molecule has 5 heteroatoms. The van der Waals surface area contributed by atoms with Crippen molar-refractivity contribution in [3.05, 3.63) is 62.8 Å². The molecule has 0 amide bonds. The fraction of sp³-hybridized carbons (Fsp3) is 0.250. The lowest BCUT2D eigenvalue weighted by atomic mass is 10.1. The Morgan fingerprint density at radius 3 is 2.67 bits per heavy atom. The number of ether oxygens (including phenoxy) is 1. The Balaban J connectivity index is 2.04. The van der Waals surface area contributed by atoms with Crippen molar-refractivity contribution in [3.63, 3.8) is 0 Å². The highest BCUT2D eigenvalue weighted by molar-refractivity contribution is 9.10. The molecule has 0 heterocycles. The lowest BCUT2D eigenvalue weighted by molar-refractivity contribution is 0.411. The lowest BCUT2D eigenvalue weighted by Gasteiger charge is -2.16. The highest BCUT2D eigenvalue weighted by atomic mass is 79.9. The minimum absolute atomic E-state index is 0.133. The predicted octanol–water partition coefficient (Wildman–Crippen LogP) is 5.10. The quantitative estimate of drug-likeness (QED) is 0.788. The molecule has 2 aromatic rings. The van der Waals surface area contributed by atoms with Crippen molar-refractivity contribution in [2.75, 3.05) is 7.11 Å². The van der Waals surface area contributed by atoms with Crippen molar-refractivity contribution in [1.29, 1.82) is 0 Å². The van der Waals surface area contributed by atoms with E-state index in [0.717, 1.165) is 21.3 Å². The fourth-order valence-corrected chi connectivity index (χ4v) is 2.79. The molecule has 1 unspecified atom stereocenters. The smallest absolute Gasteiger partial charge is 0.133 e. The van der Waals surface area contributed by atoms with Crippen molar-refractivity contribution in [2.45, 2.75) is 19.5 Å². The van der Waals surface area contributed by atoms with Crippen LogP contribution >= 0.6 is 27.5 Å². The first kappa shape index (κ1) is 16.3. The SMILES string of the molecule is COc1ccc(C(C)NCc2ccc(F)cc2Cl)cc1Br. The van der Waals surface area contributed by atoms with E-state index in [4.69, 9.17) is 16.3 Å². The van der Waals surface area contributed by atoms with Crippen LogP contribution in [-0.4, -0.2) is 7.11 Å². The van der Waals surface area contributed by atoms with E-state index >= 15 is 0 Å². The zero-order chi connectivity index (χ0) is 15.4. The summed E-state index contributed by atoms with van der Waals surface area (Å²) < 4.78 is 19.1. The molecular weight excluding hydrogens is 357 g/mol. The molecule has 0 radical (unpaired) electrons. The van der Waals surface area contributed by atoms with Crippen LogP contribution in [0.4, 0.5) is 4.39 Å². The van der Waals surface area contributed by atoms with E-state index in [9.17, 15) is 4.39 Å². The normalized spacial score (nSPS) is 12.2. The van der Waals surface area contributed by atoms with Crippen molar-refractivity contribution in [3.8, 4) is 5.75 Å². The third kappa shape index (κ3) is 4.19. The van der Waals surface area contributed by atoms with Crippen LogP contribution < -0.4 is 10.1 Å². The molecule has 21 heavy (non-hydrogen) atoms. The number of hydrogen-bond donors (Lipinski definition) is 1. The van der Waals surface area contributed by atoms with Gasteiger partial charge >= 0.3 is 0 Å². The topological polar surface area (TPSA) is 21.3 Å². The average Bonchev–Trinajstić information content (AvgIpc) is 2.46. The number of nitrogens with one attached hydrogen (secondary N) is 1. The average molecular weight is 373 g/mol. The van der Waals surface area contributed by atoms with Crippen LogP contribution in [0.25, 0.3) is 0 Å². The van der Waals surface area contributed by atoms with Crippen LogP contribution in [0.3, 0.4) is 0 Å². The minimum atomic E-state index is -0.323. The molecule has 0 fully saturated rings. The lowest BCUT2D eigenvalue weighted by Crippen LogP contribution is -2.18. The third-order valence-electron chi connectivity index (χ3n) is 3.29. The summed E-state index contributed by atoms with van der Waals surface area (Å²) in [6.45, 7) is 2.63. The molecule has 112 valence electrons. The molecule has 2 nitrogen and oxygen atoms in total. The van der Waals surface area contributed by atoms with E-state index in [1.165, 1.54) is 12.1 Å². The van der Waals surface area contributed by atoms with E-state index in [-0.39, 0.29) is 11.9 Å². The van der Waals surface area contributed by atoms with Crippen LogP contribution in [0.5, 0.6) is 5.75 Å². The van der Waals surface area contributed by atoms with Gasteiger partial charge in [0.2, 0.25) is 0 Å². The van der Waals surface area contributed by atoms with Gasteiger partial charge in [0.15, 0.2) is 0 Å². The van der Waals surface area contributed by atoms with Gasteiger partial charge in [0, 0.05) is 17.6 Å². The van der Waals surface area contributed by atoms with E-state index in [1.54, 1.807) is 13.2 Å². The molecule has 0 aliphatic carbocycles. The summed E-state index contributed by atoms with van der Waals surface area (Å²) in [6.07, 6.45) is 0. The summed E-state index contributed by atoms with van der Waals surface area (Å²) in [5.41, 5.74) is 2.00. The van der Waals surface area contributed by atoms with Gasteiger partial charge in [0.25, 0.3) is 0 Å². The summed E-state index contributed by atoms with van der Waals surface area (Å²) >= 11 is 9.50. The Morgan fingerprint density at radius 2 is 2.05 bits per heavy atom. The second-order valence-corrected chi connectivity index (χ2v) is 5.99. The van der Waals surface area contributed by atoms with Crippen LogP contribution in [0.1, 0.15) is 24.1 Å². The number of halogens is 3. The number of rotatable bonds is 5. The molecule has 1 atom stereocenters. The number of benzene rings is 2. The van der Waals surface area contributed by atoms with Gasteiger partial charge in [-0.3, -0.25) is 0 Å². The first-order valence-electron chi connectivity index (χ1n) is 6.52. The summed E-state index contributed by atoms with van der Waals surface area (Å²) in [5.74, 6) is 0.475. The van der Waals surface area contributed by atoms with E-state index in [2.05, 4.69) is 28.2 Å². The molecule has 0 spiro atoms. The van der Waals surface area contributed by atoms with Crippen molar-refractivity contribution < 1.29 is 9.13 Å². The van der Waals surface area contributed by atoms with Crippen molar-refractivity contribution in [2.24, 2.45) is 0 Å². The third-order valence-corrected chi connectivity index (χ3v) is 4.26. The summed E-state index contributed by atoms with van der Waals surface area (Å²) in [4.78, 5) is 0. The Labute approximate surface area is 137 Å². The highest BCUT2D eigenvalue weighted by Crippen LogP contribution is 2.28. The van der Waals surface area contributed by atoms with Crippen LogP contribution in [-0.2, 0) is 6.54 Å². The number of hydrogen-bond acceptors (Lipinski definition) is 2. The van der Waals surface area contributed by atoms with Gasteiger partial charge < -0.3 is 10.1 Å². The molecule has 0 saturated carbocycles. The van der Waals surface area contributed by atoms with Gasteiger partial charge in [0.05, 0.1) is 11.6 Å². The molecule has 0 aliphatic rings. The Morgan fingerprint density at radius 1 is 1.29 bits per heavy atom. The second-order valence-electron chi connectivity index (χ2n) is 4.73.